The van der Waals surface area contributed by atoms with Crippen LogP contribution >= 0.6 is 11.8 Å². The number of aliphatic hydroxyl groups excluding tert-OH is 2. The average Bonchev–Trinajstić information content (AvgIpc) is 3.00. The Bertz CT molecular complexity index is 621. The molecule has 1 aliphatic heterocycles. The number of ether oxygens (including phenoxy) is 1. The van der Waals surface area contributed by atoms with Gasteiger partial charge >= 0.3 is 0 Å². The third-order valence-corrected chi connectivity index (χ3v) is 4.55. The van der Waals surface area contributed by atoms with E-state index >= 15 is 0 Å². The van der Waals surface area contributed by atoms with Gasteiger partial charge in [0.25, 0.3) is 0 Å². The van der Waals surface area contributed by atoms with E-state index in [1.807, 2.05) is 6.26 Å². The van der Waals surface area contributed by atoms with E-state index in [1.54, 1.807) is 4.57 Å². The highest BCUT2D eigenvalue weighted by Crippen LogP contribution is 2.36. The number of anilines is 1. The molecule has 4 N–H and O–H groups in total. The first-order valence-electron chi connectivity index (χ1n) is 6.07. The normalized spacial score (nSPS) is 30.1. The van der Waals surface area contributed by atoms with Crippen LogP contribution < -0.4 is 5.73 Å². The van der Waals surface area contributed by atoms with Crippen LogP contribution in [0.3, 0.4) is 0 Å². The van der Waals surface area contributed by atoms with Crippen molar-refractivity contribution in [3.05, 3.63) is 12.7 Å². The van der Waals surface area contributed by atoms with Crippen LogP contribution in [0.15, 0.2) is 12.7 Å². The van der Waals surface area contributed by atoms with E-state index in [-0.39, 0.29) is 17.7 Å². The van der Waals surface area contributed by atoms with Crippen molar-refractivity contribution in [3.63, 3.8) is 0 Å². The summed E-state index contributed by atoms with van der Waals surface area (Å²) in [4.78, 5) is 12.2. The molecule has 0 amide bonds. The Morgan fingerprint density at radius 3 is 2.90 bits per heavy atom. The molecule has 0 bridgehead atoms. The summed E-state index contributed by atoms with van der Waals surface area (Å²) in [6.07, 6.45) is 2.88. The lowest BCUT2D eigenvalue weighted by Gasteiger charge is -2.17. The summed E-state index contributed by atoms with van der Waals surface area (Å²) in [7, 11) is 0. The van der Waals surface area contributed by atoms with Crippen molar-refractivity contribution in [2.45, 2.75) is 23.7 Å². The van der Waals surface area contributed by atoms with E-state index in [0.717, 1.165) is 0 Å². The van der Waals surface area contributed by atoms with Crippen molar-refractivity contribution >= 4 is 28.7 Å². The lowest BCUT2D eigenvalue weighted by molar-refractivity contribution is -0.0486. The summed E-state index contributed by atoms with van der Waals surface area (Å²) in [5.41, 5.74) is 6.70. The van der Waals surface area contributed by atoms with Crippen LogP contribution in [0, 0.1) is 0 Å². The molecule has 20 heavy (non-hydrogen) atoms. The number of aromatic nitrogens is 4. The van der Waals surface area contributed by atoms with Crippen molar-refractivity contribution in [3.8, 4) is 0 Å². The molecule has 9 heteroatoms. The van der Waals surface area contributed by atoms with E-state index in [9.17, 15) is 10.2 Å². The van der Waals surface area contributed by atoms with Gasteiger partial charge in [-0.1, -0.05) is 0 Å². The van der Waals surface area contributed by atoms with Gasteiger partial charge in [0.05, 0.1) is 24.3 Å². The van der Waals surface area contributed by atoms with Gasteiger partial charge in [-0.3, -0.25) is 4.57 Å². The summed E-state index contributed by atoms with van der Waals surface area (Å²) in [5, 5.41) is 19.5. The van der Waals surface area contributed by atoms with Gasteiger partial charge in [0.2, 0.25) is 0 Å². The number of nitrogens with zero attached hydrogens (tertiary/aromatic N) is 4. The second-order valence-corrected chi connectivity index (χ2v) is 5.54. The smallest absolute Gasteiger partial charge is 0.167 e. The first kappa shape index (κ1) is 13.6. The van der Waals surface area contributed by atoms with Gasteiger partial charge in [-0.25, -0.2) is 15.0 Å². The fraction of sp³-hybridized carbons (Fsp3) is 0.545. The number of hydrogen-bond donors (Lipinski definition) is 3. The number of nitrogens with two attached hydrogens (primary N) is 1. The minimum atomic E-state index is -0.768. The van der Waals surface area contributed by atoms with Gasteiger partial charge in [-0.05, 0) is 6.26 Å². The molecule has 0 saturated carbocycles. The number of nitrogen functional groups attached to an aromatic ring is 1. The highest BCUT2D eigenvalue weighted by molar-refractivity contribution is 7.99. The molecular formula is C11H15N5O3S. The van der Waals surface area contributed by atoms with E-state index in [4.69, 9.17) is 10.5 Å². The van der Waals surface area contributed by atoms with Crippen molar-refractivity contribution in [1.29, 1.82) is 0 Å². The molecule has 0 spiro atoms. The summed E-state index contributed by atoms with van der Waals surface area (Å²) >= 11 is 1.46. The fourth-order valence-electron chi connectivity index (χ4n) is 2.44. The molecular weight excluding hydrogens is 282 g/mol. The molecule has 4 atom stereocenters. The lowest BCUT2D eigenvalue weighted by Crippen LogP contribution is -2.30. The molecule has 1 fully saturated rings. The second kappa shape index (κ2) is 5.17. The molecule has 3 rings (SSSR count). The Labute approximate surface area is 119 Å². The van der Waals surface area contributed by atoms with Crippen LogP contribution in [0.25, 0.3) is 11.2 Å². The van der Waals surface area contributed by atoms with Crippen LogP contribution in [0.5, 0.6) is 0 Å². The second-order valence-electron chi connectivity index (χ2n) is 4.52. The molecule has 108 valence electrons. The largest absolute Gasteiger partial charge is 0.394 e. The Balaban J connectivity index is 2.01. The maximum absolute atomic E-state index is 10.4. The monoisotopic (exact) mass is 297 g/mol. The summed E-state index contributed by atoms with van der Waals surface area (Å²) in [6.45, 7) is -0.150. The first-order chi connectivity index (χ1) is 9.67. The molecule has 0 aliphatic carbocycles. The van der Waals surface area contributed by atoms with Crippen LogP contribution in [-0.2, 0) is 4.74 Å². The zero-order chi connectivity index (χ0) is 14.3. The van der Waals surface area contributed by atoms with Gasteiger partial charge in [0, 0.05) is 0 Å². The zero-order valence-electron chi connectivity index (χ0n) is 10.7. The van der Waals surface area contributed by atoms with E-state index in [0.29, 0.717) is 11.2 Å². The molecule has 1 aliphatic rings. The predicted molar refractivity (Wildman–Crippen MR) is 74.0 cm³/mol. The van der Waals surface area contributed by atoms with Crippen molar-refractivity contribution in [2.24, 2.45) is 0 Å². The molecule has 0 radical (unpaired) electrons. The number of rotatable bonds is 3. The fourth-order valence-corrected chi connectivity index (χ4v) is 3.31. The number of hydrogen-bond acceptors (Lipinski definition) is 8. The van der Waals surface area contributed by atoms with Crippen molar-refractivity contribution in [1.82, 2.24) is 19.5 Å². The third kappa shape index (κ3) is 1.94. The summed E-state index contributed by atoms with van der Waals surface area (Å²) < 4.78 is 7.34. The van der Waals surface area contributed by atoms with Crippen molar-refractivity contribution < 1.29 is 14.9 Å². The molecule has 2 aromatic rings. The van der Waals surface area contributed by atoms with Gasteiger partial charge < -0.3 is 20.7 Å². The number of imidazole rings is 1. The van der Waals surface area contributed by atoms with E-state index in [2.05, 4.69) is 15.0 Å². The van der Waals surface area contributed by atoms with Gasteiger partial charge in [-0.15, -0.1) is 0 Å². The van der Waals surface area contributed by atoms with Gasteiger partial charge in [0.15, 0.2) is 17.7 Å². The molecule has 2 aromatic heterocycles. The minimum Gasteiger partial charge on any atom is -0.394 e. The highest BCUT2D eigenvalue weighted by Gasteiger charge is 2.44. The first-order valence-corrected chi connectivity index (χ1v) is 7.36. The van der Waals surface area contributed by atoms with Crippen LogP contribution in [0.4, 0.5) is 5.82 Å². The predicted octanol–water partition coefficient (Wildman–Crippen LogP) is -0.609. The molecule has 1 saturated heterocycles. The molecule has 3 heterocycles. The van der Waals surface area contributed by atoms with Crippen LogP contribution in [0.1, 0.15) is 6.23 Å². The van der Waals surface area contributed by atoms with E-state index in [1.165, 1.54) is 24.4 Å². The maximum atomic E-state index is 10.4. The quantitative estimate of drug-likeness (QED) is 0.686. The minimum absolute atomic E-state index is 0.150. The topological polar surface area (TPSA) is 119 Å². The molecule has 8 nitrogen and oxygen atoms in total. The van der Waals surface area contributed by atoms with Gasteiger partial charge in [0.1, 0.15) is 17.9 Å². The van der Waals surface area contributed by atoms with Crippen molar-refractivity contribution in [2.75, 3.05) is 18.6 Å². The maximum Gasteiger partial charge on any atom is 0.167 e. The number of aliphatic hydroxyl groups is 2. The number of fused-ring (bicyclic) bond motifs is 1. The Morgan fingerprint density at radius 1 is 1.45 bits per heavy atom. The average molecular weight is 297 g/mol. The van der Waals surface area contributed by atoms with E-state index < -0.39 is 18.4 Å². The Hall–Kier alpha value is -1.42. The SMILES string of the molecule is CS[C@@H]1[C@@H](O)[C@H](n2cnc3c(N)ncnc32)O[C@@H]1CO. The summed E-state index contributed by atoms with van der Waals surface area (Å²) in [5.74, 6) is 0.279. The molecule has 0 unspecified atom stereocenters. The Kier molecular flexibility index (Phi) is 3.50. The Morgan fingerprint density at radius 2 is 2.25 bits per heavy atom. The standard InChI is InChI=1S/C11H15N5O3S/c1-20-8-5(2-17)19-11(7(8)18)16-4-15-6-9(12)13-3-14-10(6)16/h3-5,7-8,11,17-18H,2H2,1H3,(H2,12,13,14)/t5-,7-,8+,11-/m1/s1. The van der Waals surface area contributed by atoms with Crippen LogP contribution in [-0.4, -0.2) is 60.1 Å². The van der Waals surface area contributed by atoms with Gasteiger partial charge in [-0.2, -0.15) is 11.8 Å². The lowest BCUT2D eigenvalue weighted by atomic mass is 10.2. The zero-order valence-corrected chi connectivity index (χ0v) is 11.6. The number of thioether (sulfide) groups is 1. The third-order valence-electron chi connectivity index (χ3n) is 3.42. The highest BCUT2D eigenvalue weighted by atomic mass is 32.2. The van der Waals surface area contributed by atoms with Crippen LogP contribution in [0.2, 0.25) is 0 Å². The summed E-state index contributed by atoms with van der Waals surface area (Å²) in [6, 6.07) is 0. The molecule has 0 aromatic carbocycles.